The Labute approximate surface area is 39.9 Å². The number of rotatable bonds is 2. The summed E-state index contributed by atoms with van der Waals surface area (Å²) >= 11 is 0. The lowest BCUT2D eigenvalue weighted by Gasteiger charge is -1.93. The maximum Gasteiger partial charge on any atom is 0.398 e. The Balaban J connectivity index is 3.61. The van der Waals surface area contributed by atoms with Crippen LogP contribution in [0.3, 0.4) is 0 Å². The van der Waals surface area contributed by atoms with Crippen LogP contribution >= 0.6 is 7.68 Å². The Morgan fingerprint density at radius 1 is 1.86 bits per heavy atom. The molecule has 0 heterocycles. The SMILES string of the molecule is CCP(=O)(F)OF. The zero-order chi connectivity index (χ0) is 5.91. The van der Waals surface area contributed by atoms with E-state index in [9.17, 15) is 13.3 Å². The maximum absolute atomic E-state index is 11.5. The van der Waals surface area contributed by atoms with Gasteiger partial charge >= 0.3 is 7.68 Å². The first-order chi connectivity index (χ1) is 3.12. The van der Waals surface area contributed by atoms with Crippen molar-refractivity contribution in [1.29, 1.82) is 0 Å². The summed E-state index contributed by atoms with van der Waals surface area (Å²) in [5.74, 6) is 0. The van der Waals surface area contributed by atoms with Gasteiger partial charge in [0.1, 0.15) is 0 Å². The molecule has 0 radical (unpaired) electrons. The molecule has 1 atom stereocenters. The van der Waals surface area contributed by atoms with E-state index in [0.717, 1.165) is 0 Å². The van der Waals surface area contributed by atoms with Gasteiger partial charge in [0.25, 0.3) is 0 Å². The topological polar surface area (TPSA) is 26.3 Å². The first-order valence-corrected chi connectivity index (χ1v) is 3.41. The van der Waals surface area contributed by atoms with Crippen LogP contribution in [-0.2, 0) is 9.29 Å². The van der Waals surface area contributed by atoms with Crippen LogP contribution < -0.4 is 0 Å². The second-order valence-electron chi connectivity index (χ2n) is 0.976. The molecule has 0 saturated heterocycles. The quantitative estimate of drug-likeness (QED) is 0.535. The van der Waals surface area contributed by atoms with E-state index < -0.39 is 13.8 Å². The van der Waals surface area contributed by atoms with E-state index >= 15 is 0 Å². The monoisotopic (exact) mass is 130 g/mol. The number of hydrogen-bond acceptors (Lipinski definition) is 2. The predicted octanol–water partition coefficient (Wildman–Crippen LogP) is 2.07. The van der Waals surface area contributed by atoms with E-state index in [1.165, 1.54) is 6.92 Å². The van der Waals surface area contributed by atoms with Crippen LogP contribution in [0.4, 0.5) is 8.72 Å². The van der Waals surface area contributed by atoms with Crippen LogP contribution in [0.5, 0.6) is 0 Å². The smallest absolute Gasteiger partial charge is 0.252 e. The first-order valence-electron chi connectivity index (χ1n) is 1.71. The molecule has 0 bridgehead atoms. The average molecular weight is 130 g/mol. The molecule has 0 fully saturated rings. The molecule has 0 aliphatic heterocycles. The van der Waals surface area contributed by atoms with Crippen molar-refractivity contribution in [2.24, 2.45) is 0 Å². The van der Waals surface area contributed by atoms with Crippen LogP contribution in [0.2, 0.25) is 0 Å². The molecular formula is C2H5F2O2P. The zero-order valence-corrected chi connectivity index (χ0v) is 4.62. The summed E-state index contributed by atoms with van der Waals surface area (Å²) < 4.78 is 34.3. The summed E-state index contributed by atoms with van der Waals surface area (Å²) in [5, 5.41) is 0. The van der Waals surface area contributed by atoms with Crippen molar-refractivity contribution in [2.75, 3.05) is 6.16 Å². The van der Waals surface area contributed by atoms with Crippen molar-refractivity contribution in [3.05, 3.63) is 0 Å². The van der Waals surface area contributed by atoms with Crippen molar-refractivity contribution in [1.82, 2.24) is 0 Å². The van der Waals surface area contributed by atoms with Gasteiger partial charge in [-0.25, -0.2) is 0 Å². The molecule has 0 amide bonds. The van der Waals surface area contributed by atoms with E-state index in [-0.39, 0.29) is 0 Å². The van der Waals surface area contributed by atoms with Gasteiger partial charge in [-0.05, 0) is 4.53 Å². The van der Waals surface area contributed by atoms with Crippen molar-refractivity contribution >= 4 is 7.68 Å². The second kappa shape index (κ2) is 2.38. The highest BCUT2D eigenvalue weighted by molar-refractivity contribution is 7.53. The Hall–Kier alpha value is 0.0500. The molecule has 0 aliphatic carbocycles. The van der Waals surface area contributed by atoms with Gasteiger partial charge in [0.05, 0.1) is 6.16 Å². The standard InChI is InChI=1S/C2H5F2O2P/c1-2-7(4,5)6-3/h2H2,1H3. The van der Waals surface area contributed by atoms with Crippen LogP contribution in [0.15, 0.2) is 0 Å². The molecule has 0 aromatic carbocycles. The zero-order valence-electron chi connectivity index (χ0n) is 3.73. The molecule has 1 unspecified atom stereocenters. The van der Waals surface area contributed by atoms with E-state index in [0.29, 0.717) is 0 Å². The number of hydrogen-bond donors (Lipinski definition) is 0. The summed E-state index contributed by atoms with van der Waals surface area (Å²) in [6, 6.07) is 0. The van der Waals surface area contributed by atoms with E-state index in [1.807, 2.05) is 0 Å². The van der Waals surface area contributed by atoms with Gasteiger partial charge in [0.2, 0.25) is 0 Å². The fourth-order valence-corrected chi connectivity index (χ4v) is 0.146. The highest BCUT2D eigenvalue weighted by Crippen LogP contribution is 2.48. The predicted molar refractivity (Wildman–Crippen MR) is 21.4 cm³/mol. The molecule has 0 aromatic rings. The number of halogens is 2. The normalized spacial score (nSPS) is 18.7. The third-order valence-corrected chi connectivity index (χ3v) is 1.44. The maximum atomic E-state index is 11.5. The van der Waals surface area contributed by atoms with Gasteiger partial charge in [-0.15, -0.1) is 4.73 Å². The van der Waals surface area contributed by atoms with Crippen LogP contribution in [-0.4, -0.2) is 6.16 Å². The lowest BCUT2D eigenvalue weighted by Crippen LogP contribution is -1.74. The summed E-state index contributed by atoms with van der Waals surface area (Å²) in [6.07, 6.45) is -0.413. The molecule has 0 rings (SSSR count). The van der Waals surface area contributed by atoms with Gasteiger partial charge < -0.3 is 0 Å². The van der Waals surface area contributed by atoms with Crippen molar-refractivity contribution in [2.45, 2.75) is 6.92 Å². The lowest BCUT2D eigenvalue weighted by atomic mass is 11.0. The van der Waals surface area contributed by atoms with Crippen molar-refractivity contribution in [3.63, 3.8) is 0 Å². The van der Waals surface area contributed by atoms with Crippen molar-refractivity contribution in [3.8, 4) is 0 Å². The molecule has 0 spiro atoms. The third kappa shape index (κ3) is 2.71. The lowest BCUT2D eigenvalue weighted by molar-refractivity contribution is -0.0116. The summed E-state index contributed by atoms with van der Waals surface area (Å²) in [6.45, 7) is 1.24. The van der Waals surface area contributed by atoms with Crippen molar-refractivity contribution < 1.29 is 18.0 Å². The minimum Gasteiger partial charge on any atom is -0.252 e. The summed E-state index contributed by atoms with van der Waals surface area (Å²) in [7, 11) is -4.32. The first kappa shape index (κ1) is 7.05. The van der Waals surface area contributed by atoms with E-state index in [4.69, 9.17) is 0 Å². The molecule has 0 N–H and O–H groups in total. The van der Waals surface area contributed by atoms with Gasteiger partial charge in [-0.1, -0.05) is 6.92 Å². The highest BCUT2D eigenvalue weighted by Gasteiger charge is 2.18. The second-order valence-corrected chi connectivity index (χ2v) is 2.93. The summed E-state index contributed by atoms with van der Waals surface area (Å²) in [5.41, 5.74) is 0. The minimum atomic E-state index is -4.32. The third-order valence-electron chi connectivity index (χ3n) is 0.481. The van der Waals surface area contributed by atoms with Gasteiger partial charge in [0.15, 0.2) is 0 Å². The van der Waals surface area contributed by atoms with Crippen LogP contribution in [0.25, 0.3) is 0 Å². The van der Waals surface area contributed by atoms with Crippen LogP contribution in [0, 0.1) is 0 Å². The minimum absolute atomic E-state index is 0.413. The van der Waals surface area contributed by atoms with E-state index in [1.54, 1.807) is 0 Å². The van der Waals surface area contributed by atoms with Gasteiger partial charge in [0, 0.05) is 0 Å². The molecular weight excluding hydrogens is 125 g/mol. The van der Waals surface area contributed by atoms with Crippen LogP contribution in [0.1, 0.15) is 6.92 Å². The molecule has 0 aliphatic rings. The molecule has 44 valence electrons. The largest absolute Gasteiger partial charge is 0.398 e. The Morgan fingerprint density at radius 3 is 2.29 bits per heavy atom. The van der Waals surface area contributed by atoms with Gasteiger partial charge in [-0.3, -0.25) is 4.57 Å². The molecule has 7 heavy (non-hydrogen) atoms. The van der Waals surface area contributed by atoms with E-state index in [2.05, 4.69) is 4.73 Å². The fraction of sp³-hybridized carbons (Fsp3) is 1.00. The highest BCUT2D eigenvalue weighted by atomic mass is 31.2. The van der Waals surface area contributed by atoms with Gasteiger partial charge in [-0.2, -0.15) is 4.20 Å². The molecule has 0 aromatic heterocycles. The Morgan fingerprint density at radius 2 is 2.29 bits per heavy atom. The Bertz CT molecular complexity index is 85.7. The summed E-state index contributed by atoms with van der Waals surface area (Å²) in [4.78, 5) is 0. The Kier molecular flexibility index (Phi) is 2.40. The molecule has 2 nitrogen and oxygen atoms in total. The fourth-order valence-electron chi connectivity index (χ4n) is 0.0488. The molecule has 0 saturated carbocycles. The average Bonchev–Trinajstić information content (AvgIpc) is 1.68. The molecule has 5 heteroatoms.